The third kappa shape index (κ3) is 6.96. The van der Waals surface area contributed by atoms with Gasteiger partial charge in [-0.2, -0.15) is 0 Å². The summed E-state index contributed by atoms with van der Waals surface area (Å²) in [5.74, 6) is -0.0702. The molecular weight excluding hydrogens is 348 g/mol. The molecule has 0 bridgehead atoms. The molecule has 6 heteroatoms. The summed E-state index contributed by atoms with van der Waals surface area (Å²) in [5.41, 5.74) is -0.407. The van der Waals surface area contributed by atoms with Gasteiger partial charge in [-0.15, -0.1) is 0 Å². The normalized spacial score (nSPS) is 12.1. The lowest BCUT2D eigenvalue weighted by Crippen LogP contribution is -2.17. The zero-order valence-electron chi connectivity index (χ0n) is 16.0. The minimum atomic E-state index is -0.771. The van der Waals surface area contributed by atoms with Gasteiger partial charge < -0.3 is 19.0 Å². The molecule has 1 atom stereocenters. The number of hydrogen-bond acceptors (Lipinski definition) is 6. The van der Waals surface area contributed by atoms with Crippen LogP contribution >= 0.6 is 0 Å². The predicted octanol–water partition coefficient (Wildman–Crippen LogP) is 4.56. The standard InChI is InChI=1S/C21H28O6/c1-3-4-5-6-8-17(26-15(2)22)9-7-12-25-18-11-10-16-13-19(23)21(24)27-20(16)14-18/h10-11,13-14,17,23H,3-9,12H2,1-2H3. The Kier molecular flexibility index (Phi) is 8.17. The van der Waals surface area contributed by atoms with Crippen LogP contribution in [0, 0.1) is 0 Å². The van der Waals surface area contributed by atoms with E-state index in [1.165, 1.54) is 25.8 Å². The average molecular weight is 376 g/mol. The van der Waals surface area contributed by atoms with Crippen LogP contribution in [-0.4, -0.2) is 23.8 Å². The maximum Gasteiger partial charge on any atom is 0.378 e. The van der Waals surface area contributed by atoms with Crippen LogP contribution in [0.5, 0.6) is 11.5 Å². The molecule has 0 aliphatic rings. The van der Waals surface area contributed by atoms with Crippen molar-refractivity contribution >= 4 is 16.9 Å². The molecule has 0 amide bonds. The van der Waals surface area contributed by atoms with Crippen LogP contribution in [0.15, 0.2) is 33.5 Å². The molecule has 0 fully saturated rings. The van der Waals surface area contributed by atoms with E-state index < -0.39 is 11.4 Å². The number of esters is 1. The fourth-order valence-electron chi connectivity index (χ4n) is 2.97. The molecule has 0 aliphatic carbocycles. The summed E-state index contributed by atoms with van der Waals surface area (Å²) in [6, 6.07) is 6.48. The van der Waals surface area contributed by atoms with Crippen LogP contribution < -0.4 is 10.4 Å². The summed E-state index contributed by atoms with van der Waals surface area (Å²) >= 11 is 0. The number of hydrogen-bond donors (Lipinski definition) is 1. The third-order valence-electron chi connectivity index (χ3n) is 4.34. The number of carbonyl (C=O) groups is 1. The first-order valence-electron chi connectivity index (χ1n) is 9.56. The molecule has 1 aromatic carbocycles. The van der Waals surface area contributed by atoms with E-state index >= 15 is 0 Å². The van der Waals surface area contributed by atoms with Crippen LogP contribution in [0.2, 0.25) is 0 Å². The molecule has 0 saturated carbocycles. The summed E-state index contributed by atoms with van der Waals surface area (Å²) < 4.78 is 16.2. The highest BCUT2D eigenvalue weighted by Crippen LogP contribution is 2.22. The van der Waals surface area contributed by atoms with Crippen LogP contribution in [0.3, 0.4) is 0 Å². The van der Waals surface area contributed by atoms with Gasteiger partial charge in [-0.05, 0) is 43.9 Å². The second kappa shape index (κ2) is 10.6. The van der Waals surface area contributed by atoms with Gasteiger partial charge in [0, 0.05) is 18.4 Å². The van der Waals surface area contributed by atoms with Crippen LogP contribution in [-0.2, 0) is 9.53 Å². The largest absolute Gasteiger partial charge is 0.502 e. The highest BCUT2D eigenvalue weighted by Gasteiger charge is 2.12. The number of rotatable bonds is 11. The first-order chi connectivity index (χ1) is 13.0. The second-order valence-corrected chi connectivity index (χ2v) is 6.69. The lowest BCUT2D eigenvalue weighted by atomic mass is 10.1. The molecule has 0 radical (unpaired) electrons. The molecule has 148 valence electrons. The quantitative estimate of drug-likeness (QED) is 0.351. The van der Waals surface area contributed by atoms with Crippen LogP contribution in [0.25, 0.3) is 11.0 Å². The van der Waals surface area contributed by atoms with Gasteiger partial charge >= 0.3 is 11.6 Å². The molecular formula is C21H28O6. The SMILES string of the molecule is CCCCCCC(CCCOc1ccc2cc(O)c(=O)oc2c1)OC(C)=O. The van der Waals surface area contributed by atoms with E-state index in [-0.39, 0.29) is 12.1 Å². The molecule has 0 saturated heterocycles. The van der Waals surface area contributed by atoms with Crippen molar-refractivity contribution in [2.45, 2.75) is 64.9 Å². The van der Waals surface area contributed by atoms with Gasteiger partial charge in [0.05, 0.1) is 6.61 Å². The Labute approximate surface area is 159 Å². The Balaban J connectivity index is 1.82. The lowest BCUT2D eigenvalue weighted by Gasteiger charge is -2.17. The maximum absolute atomic E-state index is 11.4. The Morgan fingerprint density at radius 2 is 1.93 bits per heavy atom. The minimum Gasteiger partial charge on any atom is -0.502 e. The number of benzene rings is 1. The fourth-order valence-corrected chi connectivity index (χ4v) is 2.97. The summed E-state index contributed by atoms with van der Waals surface area (Å²) in [7, 11) is 0. The van der Waals surface area contributed by atoms with Crippen molar-refractivity contribution in [3.63, 3.8) is 0 Å². The van der Waals surface area contributed by atoms with E-state index in [2.05, 4.69) is 6.92 Å². The molecule has 1 aromatic heterocycles. The van der Waals surface area contributed by atoms with Crippen LogP contribution in [0.1, 0.15) is 58.8 Å². The molecule has 27 heavy (non-hydrogen) atoms. The number of unbranched alkanes of at least 4 members (excludes halogenated alkanes) is 3. The van der Waals surface area contributed by atoms with E-state index in [0.717, 1.165) is 32.1 Å². The van der Waals surface area contributed by atoms with E-state index in [0.29, 0.717) is 23.3 Å². The van der Waals surface area contributed by atoms with Crippen LogP contribution in [0.4, 0.5) is 0 Å². The summed E-state index contributed by atoms with van der Waals surface area (Å²) in [5, 5.41) is 10.0. The Morgan fingerprint density at radius 1 is 1.15 bits per heavy atom. The van der Waals surface area contributed by atoms with E-state index in [4.69, 9.17) is 13.9 Å². The number of aromatic hydroxyl groups is 1. The monoisotopic (exact) mass is 376 g/mol. The van der Waals surface area contributed by atoms with Gasteiger partial charge in [0.25, 0.3) is 0 Å². The van der Waals surface area contributed by atoms with E-state index in [1.54, 1.807) is 18.2 Å². The summed E-state index contributed by atoms with van der Waals surface area (Å²) in [6.07, 6.45) is 6.91. The minimum absolute atomic E-state index is 0.0689. The Hall–Kier alpha value is -2.50. The van der Waals surface area contributed by atoms with Gasteiger partial charge in [0.1, 0.15) is 17.4 Å². The van der Waals surface area contributed by atoms with Crippen molar-refractivity contribution < 1.29 is 23.8 Å². The zero-order valence-corrected chi connectivity index (χ0v) is 16.0. The van der Waals surface area contributed by atoms with Gasteiger partial charge in [0.2, 0.25) is 5.75 Å². The fraction of sp³-hybridized carbons (Fsp3) is 0.524. The second-order valence-electron chi connectivity index (χ2n) is 6.69. The average Bonchev–Trinajstić information content (AvgIpc) is 2.62. The molecule has 1 unspecified atom stereocenters. The number of ether oxygens (including phenoxy) is 2. The van der Waals surface area contributed by atoms with Crippen molar-refractivity contribution in [3.05, 3.63) is 34.7 Å². The summed E-state index contributed by atoms with van der Waals surface area (Å²) in [4.78, 5) is 22.7. The molecule has 0 aliphatic heterocycles. The lowest BCUT2D eigenvalue weighted by molar-refractivity contribution is -0.147. The van der Waals surface area contributed by atoms with Gasteiger partial charge in [-0.25, -0.2) is 4.79 Å². The van der Waals surface area contributed by atoms with E-state index in [9.17, 15) is 14.7 Å². The highest BCUT2D eigenvalue weighted by atomic mass is 16.5. The molecule has 1 heterocycles. The van der Waals surface area contributed by atoms with Crippen molar-refractivity contribution in [1.29, 1.82) is 0 Å². The molecule has 6 nitrogen and oxygen atoms in total. The van der Waals surface area contributed by atoms with Crippen molar-refractivity contribution in [2.75, 3.05) is 6.61 Å². The van der Waals surface area contributed by atoms with Crippen molar-refractivity contribution in [1.82, 2.24) is 0 Å². The Bertz CT molecular complexity index is 795. The molecule has 0 spiro atoms. The van der Waals surface area contributed by atoms with E-state index in [1.807, 2.05) is 0 Å². The first kappa shape index (κ1) is 20.8. The molecule has 1 N–H and O–H groups in total. The molecule has 2 aromatic rings. The smallest absolute Gasteiger partial charge is 0.378 e. The maximum atomic E-state index is 11.4. The molecule has 2 rings (SSSR count). The predicted molar refractivity (Wildman–Crippen MR) is 103 cm³/mol. The van der Waals surface area contributed by atoms with Crippen molar-refractivity contribution in [2.24, 2.45) is 0 Å². The van der Waals surface area contributed by atoms with Gasteiger partial charge in [-0.3, -0.25) is 4.79 Å². The topological polar surface area (TPSA) is 86.0 Å². The number of fused-ring (bicyclic) bond motifs is 1. The third-order valence-corrected chi connectivity index (χ3v) is 4.34. The van der Waals surface area contributed by atoms with Crippen molar-refractivity contribution in [3.8, 4) is 11.5 Å². The number of carbonyl (C=O) groups excluding carboxylic acids is 1. The first-order valence-corrected chi connectivity index (χ1v) is 9.56. The summed E-state index contributed by atoms with van der Waals surface area (Å²) in [6.45, 7) is 4.08. The van der Waals surface area contributed by atoms with Gasteiger partial charge in [-0.1, -0.05) is 26.2 Å². The van der Waals surface area contributed by atoms with Gasteiger partial charge in [0.15, 0.2) is 0 Å². The Morgan fingerprint density at radius 3 is 2.67 bits per heavy atom. The highest BCUT2D eigenvalue weighted by molar-refractivity contribution is 5.79. The zero-order chi connectivity index (χ0) is 19.6.